The maximum atomic E-state index is 14.0. The number of hydrogen-bond donors (Lipinski definition) is 1. The first-order valence-electron chi connectivity index (χ1n) is 10.0. The Labute approximate surface area is 184 Å². The van der Waals surface area contributed by atoms with E-state index in [2.05, 4.69) is 10.3 Å². The Bertz CT molecular complexity index is 991. The van der Waals surface area contributed by atoms with E-state index >= 15 is 0 Å². The Hall–Kier alpha value is -2.84. The van der Waals surface area contributed by atoms with Crippen molar-refractivity contribution in [2.75, 3.05) is 38.7 Å². The predicted octanol–water partition coefficient (Wildman–Crippen LogP) is 4.37. The number of urea groups is 1. The summed E-state index contributed by atoms with van der Waals surface area (Å²) in [5.74, 6) is 0.400. The van der Waals surface area contributed by atoms with Crippen LogP contribution in [-0.4, -0.2) is 55.4 Å². The van der Waals surface area contributed by atoms with E-state index in [-0.39, 0.29) is 18.0 Å². The highest BCUT2D eigenvalue weighted by Gasteiger charge is 2.27. The molecular weight excluding hydrogens is 425 g/mol. The minimum atomic E-state index is -0.349. The number of pyridine rings is 1. The number of nitrogens with one attached hydrogen (secondary N) is 1. The van der Waals surface area contributed by atoms with Crippen LogP contribution in [0.1, 0.15) is 18.4 Å². The number of likely N-dealkylation sites (tertiary alicyclic amines) is 1. The van der Waals surface area contributed by atoms with Gasteiger partial charge in [0.1, 0.15) is 12.4 Å². The number of aromatic nitrogens is 1. The van der Waals surface area contributed by atoms with E-state index in [9.17, 15) is 9.18 Å². The summed E-state index contributed by atoms with van der Waals surface area (Å²) in [7, 11) is 1.59. The zero-order valence-electron chi connectivity index (χ0n) is 17.1. The second kappa shape index (κ2) is 9.53. The van der Waals surface area contributed by atoms with Crippen molar-refractivity contribution in [1.29, 1.82) is 0 Å². The summed E-state index contributed by atoms with van der Waals surface area (Å²) in [5.41, 5.74) is 2.10. The number of halogens is 2. The molecule has 0 radical (unpaired) electrons. The molecule has 1 N–H and O–H groups in total. The topological polar surface area (TPSA) is 72.9 Å². The molecule has 1 aromatic heterocycles. The van der Waals surface area contributed by atoms with Crippen LogP contribution in [0.2, 0.25) is 5.02 Å². The summed E-state index contributed by atoms with van der Waals surface area (Å²) >= 11 is 5.81. The molecule has 1 saturated heterocycles. The SMILES string of the molecule is COCC1COc2c(NC(=O)N3CCC(=Cc4ccc(Cl)cc4F)CC3)ccnc2O1. The molecular formula is C22H23ClFN3O4. The Kier molecular flexibility index (Phi) is 6.58. The van der Waals surface area contributed by atoms with Gasteiger partial charge in [0, 0.05) is 37.0 Å². The van der Waals surface area contributed by atoms with Crippen LogP contribution in [-0.2, 0) is 4.74 Å². The maximum Gasteiger partial charge on any atom is 0.321 e. The summed E-state index contributed by atoms with van der Waals surface area (Å²) in [4.78, 5) is 18.7. The minimum Gasteiger partial charge on any atom is -0.482 e. The van der Waals surface area contributed by atoms with Crippen LogP contribution in [0.4, 0.5) is 14.9 Å². The van der Waals surface area contributed by atoms with Gasteiger partial charge in [0.25, 0.3) is 5.88 Å². The van der Waals surface area contributed by atoms with Gasteiger partial charge in [-0.25, -0.2) is 14.2 Å². The van der Waals surface area contributed by atoms with Gasteiger partial charge < -0.3 is 24.4 Å². The third-order valence-corrected chi connectivity index (χ3v) is 5.41. The van der Waals surface area contributed by atoms with Crippen molar-refractivity contribution >= 4 is 29.4 Å². The molecule has 1 unspecified atom stereocenters. The number of ether oxygens (including phenoxy) is 3. The Balaban J connectivity index is 1.37. The number of methoxy groups -OCH3 is 1. The zero-order valence-corrected chi connectivity index (χ0v) is 17.8. The molecule has 0 spiro atoms. The number of hydrogen-bond acceptors (Lipinski definition) is 5. The van der Waals surface area contributed by atoms with Gasteiger partial charge in [0.2, 0.25) is 5.75 Å². The van der Waals surface area contributed by atoms with Gasteiger partial charge in [-0.1, -0.05) is 29.3 Å². The number of fused-ring (bicyclic) bond motifs is 1. The molecule has 7 nitrogen and oxygen atoms in total. The molecule has 1 fully saturated rings. The fourth-order valence-electron chi connectivity index (χ4n) is 3.56. The second-order valence-electron chi connectivity index (χ2n) is 7.38. The average Bonchev–Trinajstić information content (AvgIpc) is 2.76. The van der Waals surface area contributed by atoms with Gasteiger partial charge >= 0.3 is 6.03 Å². The quantitative estimate of drug-likeness (QED) is 0.753. The van der Waals surface area contributed by atoms with Gasteiger partial charge in [0.05, 0.1) is 12.3 Å². The highest BCUT2D eigenvalue weighted by atomic mass is 35.5. The molecule has 0 bridgehead atoms. The molecule has 1 atom stereocenters. The summed E-state index contributed by atoms with van der Waals surface area (Å²) in [6.07, 6.45) is 4.49. The van der Waals surface area contributed by atoms with E-state index in [1.807, 2.05) is 6.08 Å². The standard InChI is InChI=1S/C22H23ClFN3O4/c1-29-12-17-13-30-20-19(4-7-25-21(20)31-17)26-22(28)27-8-5-14(6-9-27)10-15-2-3-16(23)11-18(15)24/h2-4,7,10-11,17H,5-6,8-9,12-13H2,1H3,(H,25,26,28). The van der Waals surface area contributed by atoms with Crippen LogP contribution in [0, 0.1) is 5.82 Å². The summed E-state index contributed by atoms with van der Waals surface area (Å²) in [6.45, 7) is 1.77. The molecule has 1 aromatic carbocycles. The van der Waals surface area contributed by atoms with Crippen molar-refractivity contribution < 1.29 is 23.4 Å². The van der Waals surface area contributed by atoms with E-state index in [0.717, 1.165) is 5.57 Å². The fraction of sp³-hybridized carbons (Fsp3) is 0.364. The summed E-state index contributed by atoms with van der Waals surface area (Å²) in [6, 6.07) is 6.08. The fourth-order valence-corrected chi connectivity index (χ4v) is 3.72. The Morgan fingerprint density at radius 1 is 1.39 bits per heavy atom. The maximum absolute atomic E-state index is 14.0. The van der Waals surface area contributed by atoms with E-state index in [1.54, 1.807) is 36.4 Å². The third kappa shape index (κ3) is 5.08. The molecule has 0 saturated carbocycles. The number of carbonyl (C=O) groups excluding carboxylic acids is 1. The zero-order chi connectivity index (χ0) is 21.8. The average molecular weight is 448 g/mol. The van der Waals surface area contributed by atoms with E-state index in [1.165, 1.54) is 6.07 Å². The monoisotopic (exact) mass is 447 g/mol. The van der Waals surface area contributed by atoms with Crippen molar-refractivity contribution in [3.05, 3.63) is 52.4 Å². The first kappa shape index (κ1) is 21.4. The van der Waals surface area contributed by atoms with Crippen molar-refractivity contribution in [2.24, 2.45) is 0 Å². The Morgan fingerprint density at radius 2 is 2.19 bits per heavy atom. The lowest BCUT2D eigenvalue weighted by atomic mass is 10.0. The number of benzene rings is 1. The first-order valence-corrected chi connectivity index (χ1v) is 10.4. The van der Waals surface area contributed by atoms with Crippen molar-refractivity contribution in [3.8, 4) is 11.6 Å². The molecule has 2 aromatic rings. The number of amides is 2. The number of carbonyl (C=O) groups is 1. The van der Waals surface area contributed by atoms with Crippen molar-refractivity contribution in [3.63, 3.8) is 0 Å². The van der Waals surface area contributed by atoms with E-state index in [4.69, 9.17) is 25.8 Å². The summed E-state index contributed by atoms with van der Waals surface area (Å²) < 4.78 is 30.6. The van der Waals surface area contributed by atoms with Crippen molar-refractivity contribution in [1.82, 2.24) is 9.88 Å². The normalized spacial score (nSPS) is 18.0. The Morgan fingerprint density at radius 3 is 2.94 bits per heavy atom. The molecule has 2 aliphatic heterocycles. The number of nitrogens with zero attached hydrogens (tertiary/aromatic N) is 2. The van der Waals surface area contributed by atoms with Gasteiger partial charge in [-0.2, -0.15) is 0 Å². The third-order valence-electron chi connectivity index (χ3n) is 5.17. The predicted molar refractivity (Wildman–Crippen MR) is 115 cm³/mol. The molecule has 3 heterocycles. The molecule has 0 aliphatic carbocycles. The summed E-state index contributed by atoms with van der Waals surface area (Å²) in [5, 5.41) is 3.25. The van der Waals surface area contributed by atoms with Crippen LogP contribution in [0.15, 0.2) is 36.0 Å². The minimum absolute atomic E-state index is 0.229. The molecule has 9 heteroatoms. The number of anilines is 1. The van der Waals surface area contributed by atoms with Crippen LogP contribution in [0.5, 0.6) is 11.6 Å². The lowest BCUT2D eigenvalue weighted by Crippen LogP contribution is -2.39. The lowest BCUT2D eigenvalue weighted by Gasteiger charge is -2.30. The molecule has 31 heavy (non-hydrogen) atoms. The highest BCUT2D eigenvalue weighted by molar-refractivity contribution is 6.30. The molecule has 4 rings (SSSR count). The smallest absolute Gasteiger partial charge is 0.321 e. The first-order chi connectivity index (χ1) is 15.0. The van der Waals surface area contributed by atoms with Crippen LogP contribution < -0.4 is 14.8 Å². The van der Waals surface area contributed by atoms with Gasteiger partial charge in [-0.15, -0.1) is 0 Å². The van der Waals surface area contributed by atoms with Gasteiger partial charge in [-0.05, 0) is 31.0 Å². The van der Waals surface area contributed by atoms with Gasteiger partial charge in [0.15, 0.2) is 6.10 Å². The van der Waals surface area contributed by atoms with Crippen LogP contribution in [0.3, 0.4) is 0 Å². The van der Waals surface area contributed by atoms with Crippen molar-refractivity contribution in [2.45, 2.75) is 18.9 Å². The molecule has 164 valence electrons. The highest BCUT2D eigenvalue weighted by Crippen LogP contribution is 2.37. The largest absolute Gasteiger partial charge is 0.482 e. The van der Waals surface area contributed by atoms with Crippen LogP contribution >= 0.6 is 11.6 Å². The number of rotatable bonds is 4. The van der Waals surface area contributed by atoms with Gasteiger partial charge in [-0.3, -0.25) is 0 Å². The number of piperidine rings is 1. The van der Waals surface area contributed by atoms with Crippen LogP contribution in [0.25, 0.3) is 6.08 Å². The second-order valence-corrected chi connectivity index (χ2v) is 7.82. The van der Waals surface area contributed by atoms with E-state index < -0.39 is 0 Å². The molecule has 2 aliphatic rings. The molecule has 2 amide bonds. The van der Waals surface area contributed by atoms with E-state index in [0.29, 0.717) is 67.0 Å². The lowest BCUT2D eigenvalue weighted by molar-refractivity contribution is 0.0238.